The summed E-state index contributed by atoms with van der Waals surface area (Å²) >= 11 is 0. The fourth-order valence-corrected chi connectivity index (χ4v) is 4.40. The third-order valence-corrected chi connectivity index (χ3v) is 6.16. The molecular formula is C18H18F4N2O4S. The van der Waals surface area contributed by atoms with Crippen LogP contribution in [0.15, 0.2) is 41.4 Å². The molecule has 11 heteroatoms. The Kier molecular flexibility index (Phi) is 5.99. The predicted octanol–water partition coefficient (Wildman–Crippen LogP) is 3.48. The number of hydrogen-bond acceptors (Lipinski definition) is 5. The van der Waals surface area contributed by atoms with Crippen LogP contribution in [0.4, 0.5) is 17.6 Å². The summed E-state index contributed by atoms with van der Waals surface area (Å²) in [6.45, 7) is 1.90. The van der Waals surface area contributed by atoms with Crippen molar-refractivity contribution in [2.24, 2.45) is 0 Å². The quantitative estimate of drug-likeness (QED) is 0.652. The van der Waals surface area contributed by atoms with Gasteiger partial charge in [0.2, 0.25) is 15.9 Å². The molecule has 0 spiro atoms. The summed E-state index contributed by atoms with van der Waals surface area (Å²) in [6, 6.07) is 4.94. The first-order valence-corrected chi connectivity index (χ1v) is 10.2. The van der Waals surface area contributed by atoms with Crippen molar-refractivity contribution >= 4 is 10.0 Å². The molecule has 0 radical (unpaired) electrons. The van der Waals surface area contributed by atoms with Crippen LogP contribution < -0.4 is 9.47 Å². The van der Waals surface area contributed by atoms with Crippen molar-refractivity contribution in [2.45, 2.75) is 30.5 Å². The number of aromatic nitrogens is 1. The van der Waals surface area contributed by atoms with Gasteiger partial charge in [0.25, 0.3) is 0 Å². The molecule has 1 aromatic carbocycles. The van der Waals surface area contributed by atoms with E-state index >= 15 is 0 Å². The molecule has 6 nitrogen and oxygen atoms in total. The Labute approximate surface area is 165 Å². The molecule has 0 N–H and O–H groups in total. The smallest absolute Gasteiger partial charge is 0.416 e. The van der Waals surface area contributed by atoms with E-state index in [1.807, 2.05) is 0 Å². The Hall–Kier alpha value is -2.40. The van der Waals surface area contributed by atoms with E-state index < -0.39 is 33.7 Å². The molecule has 0 bridgehead atoms. The highest BCUT2D eigenvalue weighted by atomic mass is 32.2. The molecule has 1 atom stereocenters. The minimum absolute atomic E-state index is 0.0512. The van der Waals surface area contributed by atoms with Crippen LogP contribution in [0.2, 0.25) is 0 Å². The SMILES string of the molecule is CCOc1ccc(S(=O)(=O)N2CCC(Oc3cc(C(F)(F)F)ccn3)C2)cc1F. The molecule has 158 valence electrons. The largest absolute Gasteiger partial charge is 0.491 e. The number of pyridine rings is 1. The fourth-order valence-electron chi connectivity index (χ4n) is 2.90. The lowest BCUT2D eigenvalue weighted by atomic mass is 10.2. The molecule has 0 amide bonds. The van der Waals surface area contributed by atoms with E-state index in [9.17, 15) is 26.0 Å². The first kappa shape index (κ1) is 21.3. The van der Waals surface area contributed by atoms with Gasteiger partial charge >= 0.3 is 6.18 Å². The first-order valence-electron chi connectivity index (χ1n) is 8.73. The van der Waals surface area contributed by atoms with E-state index in [1.165, 1.54) is 12.1 Å². The van der Waals surface area contributed by atoms with E-state index in [4.69, 9.17) is 9.47 Å². The average molecular weight is 434 g/mol. The number of hydrogen-bond donors (Lipinski definition) is 0. The molecule has 3 rings (SSSR count). The number of benzene rings is 1. The minimum Gasteiger partial charge on any atom is -0.491 e. The van der Waals surface area contributed by atoms with Gasteiger partial charge in [0.1, 0.15) is 6.10 Å². The second-order valence-corrected chi connectivity index (χ2v) is 8.24. The molecule has 1 aliphatic rings. The van der Waals surface area contributed by atoms with Crippen molar-refractivity contribution in [2.75, 3.05) is 19.7 Å². The highest BCUT2D eigenvalue weighted by Gasteiger charge is 2.35. The molecular weight excluding hydrogens is 416 g/mol. The van der Waals surface area contributed by atoms with Gasteiger partial charge in [-0.2, -0.15) is 17.5 Å². The summed E-state index contributed by atoms with van der Waals surface area (Å²) in [5.41, 5.74) is -0.908. The Morgan fingerprint density at radius 3 is 2.66 bits per heavy atom. The number of nitrogens with zero attached hydrogens (tertiary/aromatic N) is 2. The molecule has 1 aromatic heterocycles. The van der Waals surface area contributed by atoms with Gasteiger partial charge in [-0.3, -0.25) is 0 Å². The monoisotopic (exact) mass is 434 g/mol. The number of sulfonamides is 1. The van der Waals surface area contributed by atoms with Crippen LogP contribution in [-0.4, -0.2) is 43.5 Å². The Bertz CT molecular complexity index is 982. The third kappa shape index (κ3) is 4.78. The Balaban J connectivity index is 1.71. The van der Waals surface area contributed by atoms with Gasteiger partial charge in [0.05, 0.1) is 23.6 Å². The van der Waals surface area contributed by atoms with Gasteiger partial charge in [-0.1, -0.05) is 0 Å². The summed E-state index contributed by atoms with van der Waals surface area (Å²) in [7, 11) is -3.99. The zero-order chi connectivity index (χ0) is 21.2. The first-order chi connectivity index (χ1) is 13.6. The lowest BCUT2D eigenvalue weighted by Crippen LogP contribution is -2.31. The van der Waals surface area contributed by atoms with Crippen molar-refractivity contribution in [3.8, 4) is 11.6 Å². The molecule has 1 saturated heterocycles. The zero-order valence-corrected chi connectivity index (χ0v) is 16.1. The molecule has 29 heavy (non-hydrogen) atoms. The molecule has 2 heterocycles. The second-order valence-electron chi connectivity index (χ2n) is 6.30. The van der Waals surface area contributed by atoms with E-state index in [2.05, 4.69) is 4.98 Å². The number of ether oxygens (including phenoxy) is 2. The van der Waals surface area contributed by atoms with Crippen molar-refractivity contribution in [1.29, 1.82) is 0 Å². The zero-order valence-electron chi connectivity index (χ0n) is 15.3. The topological polar surface area (TPSA) is 68.7 Å². The summed E-state index contributed by atoms with van der Waals surface area (Å²) in [4.78, 5) is 3.51. The predicted molar refractivity (Wildman–Crippen MR) is 94.6 cm³/mol. The number of alkyl halides is 3. The number of rotatable bonds is 6. The van der Waals surface area contributed by atoms with E-state index in [0.29, 0.717) is 0 Å². The van der Waals surface area contributed by atoms with Crippen LogP contribution in [0, 0.1) is 5.82 Å². The van der Waals surface area contributed by atoms with Gasteiger partial charge in [-0.15, -0.1) is 0 Å². The lowest BCUT2D eigenvalue weighted by Gasteiger charge is -2.18. The average Bonchev–Trinajstić information content (AvgIpc) is 3.12. The lowest BCUT2D eigenvalue weighted by molar-refractivity contribution is -0.137. The van der Waals surface area contributed by atoms with Crippen LogP contribution in [0.25, 0.3) is 0 Å². The maximum absolute atomic E-state index is 14.0. The summed E-state index contributed by atoms with van der Waals surface area (Å²) in [5, 5.41) is 0. The van der Waals surface area contributed by atoms with E-state index in [1.54, 1.807) is 6.92 Å². The van der Waals surface area contributed by atoms with Crippen LogP contribution in [0.1, 0.15) is 18.9 Å². The minimum atomic E-state index is -4.54. The normalized spacial score (nSPS) is 18.0. The maximum Gasteiger partial charge on any atom is 0.416 e. The summed E-state index contributed by atoms with van der Waals surface area (Å²) in [6.07, 6.45) is -3.97. The molecule has 1 unspecified atom stereocenters. The second kappa shape index (κ2) is 8.15. The Morgan fingerprint density at radius 2 is 2.00 bits per heavy atom. The van der Waals surface area contributed by atoms with Crippen LogP contribution >= 0.6 is 0 Å². The fraction of sp³-hybridized carbons (Fsp3) is 0.389. The van der Waals surface area contributed by atoms with Crippen LogP contribution in [-0.2, 0) is 16.2 Å². The van der Waals surface area contributed by atoms with Gasteiger partial charge in [-0.25, -0.2) is 17.8 Å². The van der Waals surface area contributed by atoms with Gasteiger partial charge in [-0.05, 0) is 37.6 Å². The molecule has 1 aliphatic heterocycles. The summed E-state index contributed by atoms with van der Waals surface area (Å²) in [5.74, 6) is -1.09. The van der Waals surface area contributed by atoms with Gasteiger partial charge in [0.15, 0.2) is 11.6 Å². The van der Waals surface area contributed by atoms with Crippen molar-refractivity contribution in [3.63, 3.8) is 0 Å². The van der Waals surface area contributed by atoms with Crippen LogP contribution in [0.3, 0.4) is 0 Å². The maximum atomic E-state index is 14.0. The highest BCUT2D eigenvalue weighted by Crippen LogP contribution is 2.31. The van der Waals surface area contributed by atoms with E-state index in [0.717, 1.165) is 28.7 Å². The van der Waals surface area contributed by atoms with Gasteiger partial charge in [0, 0.05) is 18.8 Å². The van der Waals surface area contributed by atoms with Crippen molar-refractivity contribution in [3.05, 3.63) is 47.9 Å². The third-order valence-electron chi connectivity index (χ3n) is 4.30. The van der Waals surface area contributed by atoms with Crippen molar-refractivity contribution < 1.29 is 35.5 Å². The molecule has 2 aromatic rings. The standard InChI is InChI=1S/C18H18F4N2O4S/c1-2-27-16-4-3-14(10-15(16)19)29(25,26)24-8-6-13(11-24)28-17-9-12(5-7-23-17)18(20,21)22/h3-5,7,9-10,13H,2,6,8,11H2,1H3. The number of halogens is 4. The van der Waals surface area contributed by atoms with E-state index in [-0.39, 0.29) is 42.6 Å². The molecule has 1 fully saturated rings. The summed E-state index contributed by atoms with van der Waals surface area (Å²) < 4.78 is 89.4. The van der Waals surface area contributed by atoms with Crippen molar-refractivity contribution in [1.82, 2.24) is 9.29 Å². The van der Waals surface area contributed by atoms with Crippen LogP contribution in [0.5, 0.6) is 11.6 Å². The highest BCUT2D eigenvalue weighted by molar-refractivity contribution is 7.89. The Morgan fingerprint density at radius 1 is 1.24 bits per heavy atom. The van der Waals surface area contributed by atoms with Gasteiger partial charge < -0.3 is 9.47 Å². The molecule has 0 saturated carbocycles. The molecule has 0 aliphatic carbocycles.